The Morgan fingerprint density at radius 3 is 2.52 bits per heavy atom. The van der Waals surface area contributed by atoms with E-state index in [1.807, 2.05) is 0 Å². The number of azo groups is 1. The molecule has 134 valence electrons. The Morgan fingerprint density at radius 2 is 2.04 bits per heavy atom. The van der Waals surface area contributed by atoms with Crippen LogP contribution in [-0.4, -0.2) is 25.2 Å². The van der Waals surface area contributed by atoms with Gasteiger partial charge < -0.3 is 5.32 Å². The molecule has 0 bridgehead atoms. The van der Waals surface area contributed by atoms with Gasteiger partial charge in [-0.25, -0.2) is 0 Å². The molecule has 2 atom stereocenters. The minimum absolute atomic E-state index is 0.00467. The van der Waals surface area contributed by atoms with Gasteiger partial charge in [0, 0.05) is 12.1 Å². The summed E-state index contributed by atoms with van der Waals surface area (Å²) in [6.45, 7) is 7.99. The highest BCUT2D eigenvalue weighted by atomic mass is 28.3. The van der Waals surface area contributed by atoms with Gasteiger partial charge in [0.15, 0.2) is 5.54 Å². The van der Waals surface area contributed by atoms with Crippen LogP contribution >= 0.6 is 0 Å². The summed E-state index contributed by atoms with van der Waals surface area (Å²) in [5.41, 5.74) is -2.70. The molecule has 0 saturated heterocycles. The van der Waals surface area contributed by atoms with Gasteiger partial charge >= 0.3 is 6.18 Å². The van der Waals surface area contributed by atoms with Crippen LogP contribution in [0.4, 0.5) is 18.9 Å². The summed E-state index contributed by atoms with van der Waals surface area (Å²) in [7, 11) is -1.62. The number of anilines is 1. The summed E-state index contributed by atoms with van der Waals surface area (Å²) < 4.78 is 39.1. The Balaban J connectivity index is 2.22. The van der Waals surface area contributed by atoms with Gasteiger partial charge in [-0.3, -0.25) is 4.79 Å². The summed E-state index contributed by atoms with van der Waals surface area (Å²) in [5.74, 6) is -0.505. The van der Waals surface area contributed by atoms with Crippen molar-refractivity contribution in [2.24, 2.45) is 10.2 Å². The van der Waals surface area contributed by atoms with Gasteiger partial charge in [-0.2, -0.15) is 28.7 Å². The van der Waals surface area contributed by atoms with Gasteiger partial charge in [0.05, 0.1) is 30.9 Å². The third kappa shape index (κ3) is 4.07. The SMILES string of the molecule is CC1(C(=O)Nc2ccc(C#N)c(C(F)(F)F)c2)CC([Si](C)(C)C)N=N1. The Morgan fingerprint density at radius 1 is 1.40 bits per heavy atom. The number of carbonyl (C=O) groups excluding carboxylic acids is 1. The molecule has 0 saturated carbocycles. The van der Waals surface area contributed by atoms with E-state index in [2.05, 4.69) is 35.2 Å². The van der Waals surface area contributed by atoms with Crippen molar-refractivity contribution in [2.45, 2.75) is 50.4 Å². The van der Waals surface area contributed by atoms with E-state index in [0.29, 0.717) is 6.42 Å². The van der Waals surface area contributed by atoms with E-state index in [9.17, 15) is 18.0 Å². The van der Waals surface area contributed by atoms with Crippen molar-refractivity contribution in [3.05, 3.63) is 29.3 Å². The average Bonchev–Trinajstić information content (AvgIpc) is 2.90. The van der Waals surface area contributed by atoms with Crippen molar-refractivity contribution in [2.75, 3.05) is 5.32 Å². The molecular weight excluding hydrogens is 349 g/mol. The number of halogens is 3. The van der Waals surface area contributed by atoms with E-state index in [4.69, 9.17) is 5.26 Å². The molecule has 0 spiro atoms. The van der Waals surface area contributed by atoms with Gasteiger partial charge in [0.2, 0.25) is 0 Å². The second-order valence-electron chi connectivity index (χ2n) is 7.40. The first-order valence-corrected chi connectivity index (χ1v) is 11.3. The number of rotatable bonds is 3. The van der Waals surface area contributed by atoms with Crippen LogP contribution in [0.1, 0.15) is 24.5 Å². The zero-order chi connectivity index (χ0) is 19.0. The first-order valence-electron chi connectivity index (χ1n) is 7.71. The van der Waals surface area contributed by atoms with Gasteiger partial charge in [0.1, 0.15) is 0 Å². The molecule has 1 amide bonds. The first kappa shape index (κ1) is 19.1. The van der Waals surface area contributed by atoms with Crippen LogP contribution in [0.15, 0.2) is 28.4 Å². The van der Waals surface area contributed by atoms with Gasteiger partial charge in [-0.15, -0.1) is 0 Å². The molecule has 2 rings (SSSR count). The minimum Gasteiger partial charge on any atom is -0.324 e. The molecule has 1 aliphatic heterocycles. The number of amides is 1. The Kier molecular flexibility index (Phi) is 4.78. The maximum absolute atomic E-state index is 13.0. The number of benzene rings is 1. The van der Waals surface area contributed by atoms with Crippen molar-refractivity contribution in [3.63, 3.8) is 0 Å². The monoisotopic (exact) mass is 368 g/mol. The lowest BCUT2D eigenvalue weighted by Crippen LogP contribution is -2.43. The summed E-state index contributed by atoms with van der Waals surface area (Å²) in [6, 6.07) is 4.59. The maximum atomic E-state index is 13.0. The zero-order valence-electron chi connectivity index (χ0n) is 14.4. The van der Waals surface area contributed by atoms with Crippen molar-refractivity contribution in [3.8, 4) is 6.07 Å². The largest absolute Gasteiger partial charge is 0.417 e. The molecule has 25 heavy (non-hydrogen) atoms. The Labute approximate surface area is 145 Å². The molecular formula is C16H19F3N4OSi. The summed E-state index contributed by atoms with van der Waals surface area (Å²) in [6.07, 6.45) is -4.23. The van der Waals surface area contributed by atoms with E-state index in [1.165, 1.54) is 12.1 Å². The molecule has 1 heterocycles. The molecule has 1 aromatic carbocycles. The average molecular weight is 368 g/mol. The molecule has 1 N–H and O–H groups in total. The van der Waals surface area contributed by atoms with Crippen molar-refractivity contribution in [1.29, 1.82) is 5.26 Å². The highest BCUT2D eigenvalue weighted by Crippen LogP contribution is 2.35. The number of nitrogens with one attached hydrogen (secondary N) is 1. The molecule has 1 aromatic rings. The van der Waals surface area contributed by atoms with E-state index >= 15 is 0 Å². The third-order valence-corrected chi connectivity index (χ3v) is 6.52. The van der Waals surface area contributed by atoms with Crippen LogP contribution in [0.3, 0.4) is 0 Å². The molecule has 1 aliphatic rings. The summed E-state index contributed by atoms with van der Waals surface area (Å²) >= 11 is 0. The highest BCUT2D eigenvalue weighted by molar-refractivity contribution is 6.77. The van der Waals surface area contributed by atoms with Crippen molar-refractivity contribution < 1.29 is 18.0 Å². The fourth-order valence-corrected chi connectivity index (χ4v) is 3.91. The van der Waals surface area contributed by atoms with Crippen LogP contribution in [0.5, 0.6) is 0 Å². The molecule has 0 aromatic heterocycles. The topological polar surface area (TPSA) is 77.6 Å². The standard InChI is InChI=1S/C16H19F3N4OSi/c1-15(8-13(22-23-15)25(2,3)4)14(24)21-11-6-5-10(9-20)12(7-11)16(17,18)19/h5-7,13H,8H2,1-4H3,(H,21,24). The molecule has 9 heteroatoms. The molecule has 2 unspecified atom stereocenters. The summed E-state index contributed by atoms with van der Waals surface area (Å²) in [4.78, 5) is 12.5. The van der Waals surface area contributed by atoms with E-state index < -0.39 is 36.8 Å². The molecule has 5 nitrogen and oxygen atoms in total. The van der Waals surface area contributed by atoms with E-state index in [0.717, 1.165) is 12.1 Å². The molecule has 0 radical (unpaired) electrons. The fourth-order valence-electron chi connectivity index (χ4n) is 2.49. The molecule has 0 fully saturated rings. The second-order valence-corrected chi connectivity index (χ2v) is 12.8. The number of hydrogen-bond donors (Lipinski definition) is 1. The maximum Gasteiger partial charge on any atom is 0.417 e. The predicted molar refractivity (Wildman–Crippen MR) is 89.8 cm³/mol. The number of alkyl halides is 3. The van der Waals surface area contributed by atoms with Gasteiger partial charge in [-0.05, 0) is 25.1 Å². The van der Waals surface area contributed by atoms with Crippen molar-refractivity contribution in [1.82, 2.24) is 0 Å². The quantitative estimate of drug-likeness (QED) is 0.804. The number of nitriles is 1. The number of hydrogen-bond acceptors (Lipinski definition) is 4. The lowest BCUT2D eigenvalue weighted by molar-refractivity contribution is -0.137. The Hall–Kier alpha value is -2.21. The minimum atomic E-state index is -4.67. The lowest BCUT2D eigenvalue weighted by atomic mass is 9.98. The second kappa shape index (κ2) is 6.26. The first-order chi connectivity index (χ1) is 11.4. The number of nitrogens with zero attached hydrogens (tertiary/aromatic N) is 3. The Bertz CT molecular complexity index is 764. The molecule has 0 aliphatic carbocycles. The fraction of sp³-hybridized carbons (Fsp3) is 0.500. The van der Waals surface area contributed by atoms with Crippen LogP contribution in [-0.2, 0) is 11.0 Å². The normalized spacial score (nSPS) is 23.4. The number of carbonyl (C=O) groups is 1. The summed E-state index contributed by atoms with van der Waals surface area (Å²) in [5, 5.41) is 19.6. The smallest absolute Gasteiger partial charge is 0.324 e. The van der Waals surface area contributed by atoms with Crippen LogP contribution in [0.25, 0.3) is 0 Å². The van der Waals surface area contributed by atoms with Gasteiger partial charge in [0.25, 0.3) is 5.91 Å². The van der Waals surface area contributed by atoms with Crippen LogP contribution < -0.4 is 5.32 Å². The zero-order valence-corrected chi connectivity index (χ0v) is 15.4. The van der Waals surface area contributed by atoms with Crippen LogP contribution in [0, 0.1) is 11.3 Å². The van der Waals surface area contributed by atoms with Gasteiger partial charge in [-0.1, -0.05) is 19.6 Å². The predicted octanol–water partition coefficient (Wildman–Crippen LogP) is 4.38. The van der Waals surface area contributed by atoms with Crippen molar-refractivity contribution >= 4 is 19.7 Å². The van der Waals surface area contributed by atoms with E-state index in [1.54, 1.807) is 6.92 Å². The third-order valence-electron chi connectivity index (χ3n) is 4.20. The lowest BCUT2D eigenvalue weighted by Gasteiger charge is -2.24. The van der Waals surface area contributed by atoms with Crippen LogP contribution in [0.2, 0.25) is 19.6 Å². The highest BCUT2D eigenvalue weighted by Gasteiger charge is 2.45. The van der Waals surface area contributed by atoms with E-state index in [-0.39, 0.29) is 11.4 Å².